The van der Waals surface area contributed by atoms with Crippen molar-refractivity contribution in [3.63, 3.8) is 0 Å². The van der Waals surface area contributed by atoms with Crippen molar-refractivity contribution in [1.29, 1.82) is 0 Å². The molecule has 0 bridgehead atoms. The highest BCUT2D eigenvalue weighted by molar-refractivity contribution is 7.07. The second kappa shape index (κ2) is 12.5. The topological polar surface area (TPSA) is 79.1 Å². The molecule has 6 rings (SSSR count). The molecule has 0 radical (unpaired) electrons. The third-order valence-electron chi connectivity index (χ3n) is 7.43. The molecular weight excluding hydrogens is 596 g/mol. The van der Waals surface area contributed by atoms with Gasteiger partial charge in [0.15, 0.2) is 16.3 Å². The van der Waals surface area contributed by atoms with Crippen LogP contribution in [0.4, 0.5) is 0 Å². The summed E-state index contributed by atoms with van der Waals surface area (Å²) in [6.45, 7) is 4.03. The predicted octanol–water partition coefficient (Wildman–Crippen LogP) is 6.19. The van der Waals surface area contributed by atoms with Crippen LogP contribution in [0.5, 0.6) is 11.5 Å². The quantitative estimate of drug-likeness (QED) is 0.192. The Kier molecular flexibility index (Phi) is 8.37. The summed E-state index contributed by atoms with van der Waals surface area (Å²) in [7, 11) is 1.55. The lowest BCUT2D eigenvalue weighted by atomic mass is 9.96. The molecule has 2 heterocycles. The average Bonchev–Trinajstić information content (AvgIpc) is 3.33. The number of carbonyl (C=O) groups excluding carboxylic acids is 1. The molecule has 1 atom stereocenters. The molecule has 0 saturated heterocycles. The number of aromatic nitrogens is 1. The summed E-state index contributed by atoms with van der Waals surface area (Å²) in [5.41, 5.74) is 3.05. The largest absolute Gasteiger partial charge is 0.493 e. The number of fused-ring (bicyclic) bond motifs is 2. The normalized spacial score (nSPS) is 14.7. The number of ether oxygens (including phenoxy) is 3. The maximum atomic E-state index is 13.9. The zero-order valence-electron chi connectivity index (χ0n) is 24.4. The van der Waals surface area contributed by atoms with Gasteiger partial charge in [-0.1, -0.05) is 95.7 Å². The molecule has 44 heavy (non-hydrogen) atoms. The third-order valence-corrected chi connectivity index (χ3v) is 8.70. The first-order chi connectivity index (χ1) is 21.4. The van der Waals surface area contributed by atoms with E-state index in [-0.39, 0.29) is 12.2 Å². The van der Waals surface area contributed by atoms with E-state index in [1.54, 1.807) is 43.7 Å². The molecule has 9 heteroatoms. The fourth-order valence-electron chi connectivity index (χ4n) is 5.43. The van der Waals surface area contributed by atoms with E-state index in [0.717, 1.165) is 21.9 Å². The van der Waals surface area contributed by atoms with Crippen LogP contribution in [0.25, 0.3) is 16.8 Å². The molecule has 0 fully saturated rings. The van der Waals surface area contributed by atoms with Crippen LogP contribution in [0.1, 0.15) is 36.6 Å². The van der Waals surface area contributed by atoms with Crippen molar-refractivity contribution < 1.29 is 19.0 Å². The predicted molar refractivity (Wildman–Crippen MR) is 173 cm³/mol. The molecule has 222 valence electrons. The lowest BCUT2D eigenvalue weighted by Crippen LogP contribution is -2.39. The number of nitrogens with zero attached hydrogens (tertiary/aromatic N) is 2. The Balaban J connectivity index is 1.39. The molecule has 7 nitrogen and oxygen atoms in total. The van der Waals surface area contributed by atoms with Gasteiger partial charge in [-0.15, -0.1) is 0 Å². The van der Waals surface area contributed by atoms with Gasteiger partial charge >= 0.3 is 5.97 Å². The molecular formula is C35H29ClN2O5S. The minimum Gasteiger partial charge on any atom is -0.493 e. The summed E-state index contributed by atoms with van der Waals surface area (Å²) >= 11 is 7.97. The number of hydrogen-bond donors (Lipinski definition) is 0. The summed E-state index contributed by atoms with van der Waals surface area (Å²) in [5, 5.41) is 2.58. The summed E-state index contributed by atoms with van der Waals surface area (Å²) in [6.07, 6.45) is 1.75. The SMILES string of the molecule is CCOC(=O)C1=C(C)N=c2s/c(=C\c3cc(Cl)c(OCc4cccc5ccccc45)c(OC)c3)c(=O)n2[C@H]1c1ccccc1. The summed E-state index contributed by atoms with van der Waals surface area (Å²) < 4.78 is 19.2. The molecule has 0 unspecified atom stereocenters. The molecule has 0 N–H and O–H groups in total. The van der Waals surface area contributed by atoms with Gasteiger partial charge in [-0.25, -0.2) is 9.79 Å². The molecule has 1 aliphatic heterocycles. The number of carbonyl (C=O) groups is 1. The fraction of sp³-hybridized carbons (Fsp3) is 0.171. The molecule has 4 aromatic carbocycles. The van der Waals surface area contributed by atoms with Crippen LogP contribution in [0.2, 0.25) is 5.02 Å². The van der Waals surface area contributed by atoms with Gasteiger partial charge in [-0.05, 0) is 59.5 Å². The highest BCUT2D eigenvalue weighted by Gasteiger charge is 2.33. The van der Waals surface area contributed by atoms with Crippen molar-refractivity contribution in [1.82, 2.24) is 4.57 Å². The number of rotatable bonds is 8. The number of esters is 1. The maximum Gasteiger partial charge on any atom is 0.338 e. The van der Waals surface area contributed by atoms with E-state index in [2.05, 4.69) is 23.2 Å². The standard InChI is InChI=1S/C35H29ClN2O5S/c1-4-42-34(40)30-21(2)37-35-38(31(30)24-12-6-5-7-13-24)33(39)29(44-35)19-22-17-27(36)32(28(18-22)41-3)43-20-25-15-10-14-23-11-8-9-16-26(23)25/h5-19,31H,4,20H2,1-3H3/b29-19-/t31-/m0/s1. The first-order valence-corrected chi connectivity index (χ1v) is 15.3. The Morgan fingerprint density at radius 1 is 1.05 bits per heavy atom. The first-order valence-electron chi connectivity index (χ1n) is 14.1. The molecule has 1 aliphatic rings. The summed E-state index contributed by atoms with van der Waals surface area (Å²) in [6, 6.07) is 26.5. The molecule has 0 aliphatic carbocycles. The average molecular weight is 625 g/mol. The van der Waals surface area contributed by atoms with E-state index in [4.69, 9.17) is 25.8 Å². The van der Waals surface area contributed by atoms with E-state index >= 15 is 0 Å². The highest BCUT2D eigenvalue weighted by Crippen LogP contribution is 2.38. The third kappa shape index (κ3) is 5.54. The van der Waals surface area contributed by atoms with E-state index in [1.165, 1.54) is 11.3 Å². The van der Waals surface area contributed by atoms with Gasteiger partial charge in [0.2, 0.25) is 0 Å². The van der Waals surface area contributed by atoms with E-state index in [0.29, 0.717) is 49.3 Å². The number of benzene rings is 4. The van der Waals surface area contributed by atoms with Gasteiger partial charge < -0.3 is 14.2 Å². The second-order valence-electron chi connectivity index (χ2n) is 10.2. The van der Waals surface area contributed by atoms with E-state index in [1.807, 2.05) is 54.6 Å². The summed E-state index contributed by atoms with van der Waals surface area (Å²) in [5.74, 6) is 0.367. The van der Waals surface area contributed by atoms with Crippen molar-refractivity contribution in [2.75, 3.05) is 13.7 Å². The van der Waals surface area contributed by atoms with Gasteiger partial charge in [-0.3, -0.25) is 9.36 Å². The molecule has 0 spiro atoms. The zero-order valence-corrected chi connectivity index (χ0v) is 25.9. The Hall–Kier alpha value is -4.66. The van der Waals surface area contributed by atoms with Crippen LogP contribution in [0, 0.1) is 0 Å². The van der Waals surface area contributed by atoms with Crippen LogP contribution in [-0.2, 0) is 16.1 Å². The Morgan fingerprint density at radius 2 is 1.80 bits per heavy atom. The van der Waals surface area contributed by atoms with Gasteiger partial charge in [0.1, 0.15) is 6.61 Å². The van der Waals surface area contributed by atoms with Crippen molar-refractivity contribution >= 4 is 45.8 Å². The van der Waals surface area contributed by atoms with Crippen molar-refractivity contribution in [3.05, 3.63) is 138 Å². The lowest BCUT2D eigenvalue weighted by Gasteiger charge is -2.24. The lowest BCUT2D eigenvalue weighted by molar-refractivity contribution is -0.139. The van der Waals surface area contributed by atoms with Gasteiger partial charge in [0, 0.05) is 0 Å². The van der Waals surface area contributed by atoms with Crippen LogP contribution < -0.4 is 24.4 Å². The van der Waals surface area contributed by atoms with Crippen LogP contribution in [-0.4, -0.2) is 24.3 Å². The van der Waals surface area contributed by atoms with Crippen molar-refractivity contribution in [2.45, 2.75) is 26.5 Å². The number of halogens is 1. The molecule has 0 amide bonds. The zero-order chi connectivity index (χ0) is 30.8. The number of allylic oxidation sites excluding steroid dienone is 1. The Morgan fingerprint density at radius 3 is 2.57 bits per heavy atom. The first kappa shape index (κ1) is 29.4. The minimum absolute atomic E-state index is 0.214. The number of thiazole rings is 1. The number of methoxy groups -OCH3 is 1. The second-order valence-corrected chi connectivity index (χ2v) is 11.6. The Labute approximate surface area is 262 Å². The van der Waals surface area contributed by atoms with Gasteiger partial charge in [-0.2, -0.15) is 0 Å². The van der Waals surface area contributed by atoms with Crippen molar-refractivity contribution in [3.8, 4) is 11.5 Å². The van der Waals surface area contributed by atoms with Gasteiger partial charge in [0.05, 0.1) is 40.6 Å². The van der Waals surface area contributed by atoms with Crippen LogP contribution in [0.15, 0.2) is 106 Å². The maximum absolute atomic E-state index is 13.9. The van der Waals surface area contributed by atoms with Crippen molar-refractivity contribution in [2.24, 2.45) is 4.99 Å². The molecule has 0 saturated carbocycles. The highest BCUT2D eigenvalue weighted by atomic mass is 35.5. The fourth-order valence-corrected chi connectivity index (χ4v) is 6.75. The number of hydrogen-bond acceptors (Lipinski definition) is 7. The molecule has 5 aromatic rings. The van der Waals surface area contributed by atoms with Crippen LogP contribution >= 0.6 is 22.9 Å². The van der Waals surface area contributed by atoms with E-state index < -0.39 is 12.0 Å². The van der Waals surface area contributed by atoms with E-state index in [9.17, 15) is 9.59 Å². The minimum atomic E-state index is -0.670. The van der Waals surface area contributed by atoms with Gasteiger partial charge in [0.25, 0.3) is 5.56 Å². The summed E-state index contributed by atoms with van der Waals surface area (Å²) in [4.78, 5) is 32.1. The Bertz CT molecular complexity index is 2090. The monoisotopic (exact) mass is 624 g/mol. The smallest absolute Gasteiger partial charge is 0.338 e. The molecule has 1 aromatic heterocycles. The van der Waals surface area contributed by atoms with Crippen LogP contribution in [0.3, 0.4) is 0 Å².